The number of unbranched alkanes of at least 4 members (excludes halogenated alkanes) is 3. The van der Waals surface area contributed by atoms with E-state index in [2.05, 4.69) is 192 Å². The Bertz CT molecular complexity index is 2330. The van der Waals surface area contributed by atoms with E-state index in [-0.39, 0.29) is 124 Å². The highest BCUT2D eigenvalue weighted by Gasteiger charge is 2.30. The number of rotatable bonds is 53. The molecule has 4 amide bonds. The van der Waals surface area contributed by atoms with Crippen molar-refractivity contribution in [2.75, 3.05) is 52.8 Å². The summed E-state index contributed by atoms with van der Waals surface area (Å²) < 4.78 is 38.7. The van der Waals surface area contributed by atoms with Crippen molar-refractivity contribution in [3.8, 4) is 0 Å². The first kappa shape index (κ1) is 129. The largest absolute Gasteiger partial charge is 0.395 e. The van der Waals surface area contributed by atoms with Crippen LogP contribution in [0.5, 0.6) is 0 Å². The molecule has 0 spiro atoms. The van der Waals surface area contributed by atoms with E-state index in [0.29, 0.717) is 135 Å². The normalized spacial score (nSPS) is 13.8. The molecule has 19 heteroatoms. The molecule has 1 heterocycles. The Morgan fingerprint density at radius 2 is 0.698 bits per heavy atom. The minimum atomic E-state index is -0.830. The number of pyridine rings is 1. The lowest BCUT2D eigenvalue weighted by molar-refractivity contribution is -0.128. The van der Waals surface area contributed by atoms with Crippen LogP contribution < -0.4 is 27.0 Å². The molecular formula is C97H193F3N6O10. The van der Waals surface area contributed by atoms with Crippen LogP contribution in [0.3, 0.4) is 0 Å². The summed E-state index contributed by atoms with van der Waals surface area (Å²) in [6.07, 6.45) is 23.7. The Kier molecular flexibility index (Phi) is 92.3. The predicted molar refractivity (Wildman–Crippen MR) is 490 cm³/mol. The van der Waals surface area contributed by atoms with Crippen molar-refractivity contribution in [3.05, 3.63) is 30.1 Å². The lowest BCUT2D eigenvalue weighted by atomic mass is 9.78. The number of nitrogens with zero attached hydrogens (tertiary/aromatic N) is 1. The Morgan fingerprint density at radius 1 is 0.414 bits per heavy atom. The Labute approximate surface area is 714 Å². The summed E-state index contributed by atoms with van der Waals surface area (Å²) >= 11 is 0. The van der Waals surface area contributed by atoms with Crippen molar-refractivity contribution in [1.29, 1.82) is 0 Å². The first-order valence-corrected chi connectivity index (χ1v) is 45.1. The maximum Gasteiger partial charge on any atom is 0.223 e. The molecule has 0 saturated heterocycles. The number of hydrogen-bond acceptors (Lipinski definition) is 12. The number of amides is 4. The van der Waals surface area contributed by atoms with Crippen molar-refractivity contribution in [2.45, 2.75) is 382 Å². The predicted octanol–water partition coefficient (Wildman–Crippen LogP) is 23.4. The molecule has 11 atom stereocenters. The Morgan fingerprint density at radius 3 is 0.914 bits per heavy atom. The highest BCUT2D eigenvalue weighted by molar-refractivity contribution is 5.81. The zero-order chi connectivity index (χ0) is 89.7. The molecule has 1 aromatic heterocycles. The van der Waals surface area contributed by atoms with Gasteiger partial charge in [-0.3, -0.25) is 42.1 Å². The van der Waals surface area contributed by atoms with Crippen molar-refractivity contribution in [2.24, 2.45) is 118 Å². The molecule has 1 rings (SSSR count). The summed E-state index contributed by atoms with van der Waals surface area (Å²) in [5.41, 5.74) is 5.38. The average molecular weight is 1660 g/mol. The second kappa shape index (κ2) is 82.7. The second-order valence-electron chi connectivity index (χ2n) is 35.3. The topological polar surface area (TPSA) is 264 Å². The number of carbonyl (C=O) groups is 8. The lowest BCUT2D eigenvalue weighted by Crippen LogP contribution is -2.42. The van der Waals surface area contributed by atoms with E-state index in [0.717, 1.165) is 128 Å². The maximum absolute atomic E-state index is 12.9. The van der Waals surface area contributed by atoms with Crippen LogP contribution in [-0.4, -0.2) is 120 Å². The van der Waals surface area contributed by atoms with Crippen LogP contribution in [-0.2, 0) is 44.9 Å². The van der Waals surface area contributed by atoms with Gasteiger partial charge >= 0.3 is 0 Å². The summed E-state index contributed by atoms with van der Waals surface area (Å²) in [6, 6.07) is 5.73. The van der Waals surface area contributed by atoms with Crippen LogP contribution in [0.1, 0.15) is 376 Å². The fraction of sp³-hybridized carbons (Fsp3) is 0.866. The molecule has 692 valence electrons. The van der Waals surface area contributed by atoms with Crippen LogP contribution in [0.2, 0.25) is 0 Å². The van der Waals surface area contributed by atoms with Gasteiger partial charge in [0.05, 0.1) is 44.5 Å². The van der Waals surface area contributed by atoms with Crippen LogP contribution in [0, 0.1) is 112 Å². The van der Waals surface area contributed by atoms with E-state index in [1.54, 1.807) is 40.8 Å². The summed E-state index contributed by atoms with van der Waals surface area (Å²) in [6.45, 7) is 61.8. The number of halogens is 3. The fourth-order valence-electron chi connectivity index (χ4n) is 14.4. The van der Waals surface area contributed by atoms with Gasteiger partial charge in [0.1, 0.15) is 23.1 Å². The van der Waals surface area contributed by atoms with Gasteiger partial charge in [-0.05, 0) is 181 Å². The molecule has 16 nitrogen and oxygen atoms in total. The highest BCUT2D eigenvalue weighted by atomic mass is 19.1. The Balaban J connectivity index is -0.000000161. The number of nitrogens with one attached hydrogen (secondary N) is 4. The van der Waals surface area contributed by atoms with Gasteiger partial charge in [-0.15, -0.1) is 0 Å². The first-order valence-electron chi connectivity index (χ1n) is 45.1. The minimum absolute atomic E-state index is 0. The number of aliphatic hydroxyl groups is 2. The van der Waals surface area contributed by atoms with Gasteiger partial charge in [-0.1, -0.05) is 265 Å². The van der Waals surface area contributed by atoms with Gasteiger partial charge in [-0.2, -0.15) is 0 Å². The number of Topliss-reactive ketones (excluding diaryl/α,β-unsaturated/α-hetero) is 4. The zero-order valence-electron chi connectivity index (χ0n) is 79.2. The van der Waals surface area contributed by atoms with E-state index in [4.69, 9.17) is 10.8 Å². The third kappa shape index (κ3) is 72.2. The van der Waals surface area contributed by atoms with Crippen LogP contribution in [0.15, 0.2) is 24.4 Å². The van der Waals surface area contributed by atoms with Crippen molar-refractivity contribution in [3.63, 3.8) is 0 Å². The van der Waals surface area contributed by atoms with E-state index < -0.39 is 5.60 Å². The maximum atomic E-state index is 12.9. The second-order valence-corrected chi connectivity index (χ2v) is 35.3. The molecule has 116 heavy (non-hydrogen) atoms. The number of aromatic nitrogens is 1. The number of nitrogens with two attached hydrogens (primary N) is 1. The summed E-state index contributed by atoms with van der Waals surface area (Å²) in [5, 5.41) is 29.4. The molecule has 9 unspecified atom stereocenters. The van der Waals surface area contributed by atoms with Crippen LogP contribution in [0.4, 0.5) is 13.2 Å². The average Bonchev–Trinajstić information content (AvgIpc) is 0.933. The van der Waals surface area contributed by atoms with E-state index in [1.807, 2.05) is 25.1 Å². The van der Waals surface area contributed by atoms with E-state index in [1.165, 1.54) is 0 Å². The Hall–Kier alpha value is -4.62. The molecular weight excluding hydrogens is 1470 g/mol. The van der Waals surface area contributed by atoms with E-state index >= 15 is 0 Å². The third-order valence-corrected chi connectivity index (χ3v) is 21.2. The number of hydrogen-bond donors (Lipinski definition) is 7. The van der Waals surface area contributed by atoms with Gasteiger partial charge in [0.15, 0.2) is 0 Å². The lowest BCUT2D eigenvalue weighted by Gasteiger charge is -2.27. The molecule has 1 aromatic rings. The molecule has 8 N–H and O–H groups in total. The number of ketones is 4. The van der Waals surface area contributed by atoms with Crippen molar-refractivity contribution >= 4 is 46.8 Å². The standard InChI is InChI=1S/C14H22N2O.3C13H25FO.C12H25NO2.C10H22N2O.C10H21NO2.C10H20O.2CH4/c1-4-7-13(11(2)3)14(17)16-10-12-8-5-6-9-15-12;3*1-5-6-7-13(10(2)3)12(9-14)8-11(4)15;1-6-7-10(9(2)3)11(14)13-8-12(4,5)15;1-4-5-9(8(2)3)10(13)12-7-6-11;1-4-5-9(8(2)3)10(13)11-6-7-12;1-5-7-9(8(3)4)10(11)6-2;;/h5-6,8-9,11,13H,4,7,10H2,1-3H3,(H,16,17);3*10,12-13H,5-9H2,1-4H3;9-10,15H,6-8H2,1-5H3,(H,13,14);8-9H,4-7,11H2,1-3H3,(H,12,13);8-9,12H,4-7H2,1-3H3,(H,11,13);8-9H,5-7H2,1-4H3;2*1H4/t;2*12-,13?;;;;;;;/m.10......./s1. The molecule has 0 aliphatic rings. The van der Waals surface area contributed by atoms with Gasteiger partial charge in [0.2, 0.25) is 23.6 Å². The van der Waals surface area contributed by atoms with Gasteiger partial charge in [0.25, 0.3) is 0 Å². The molecule has 0 bridgehead atoms. The number of alkyl halides is 3. The van der Waals surface area contributed by atoms with Crippen molar-refractivity contribution in [1.82, 2.24) is 26.3 Å². The summed E-state index contributed by atoms with van der Waals surface area (Å²) in [7, 11) is 0. The molecule has 0 aliphatic heterocycles. The minimum Gasteiger partial charge on any atom is -0.395 e. The molecule has 0 aromatic carbocycles. The molecule has 0 aliphatic carbocycles. The first-order chi connectivity index (χ1) is 53.4. The summed E-state index contributed by atoms with van der Waals surface area (Å²) in [5.74, 6) is 6.29. The fourth-order valence-corrected chi connectivity index (χ4v) is 14.4. The van der Waals surface area contributed by atoms with Gasteiger partial charge in [0, 0.05) is 87.6 Å². The number of carbonyl (C=O) groups excluding carboxylic acids is 8. The summed E-state index contributed by atoms with van der Waals surface area (Å²) in [4.78, 5) is 95.6. The zero-order valence-corrected chi connectivity index (χ0v) is 79.2. The quantitative estimate of drug-likeness (QED) is 0.0321. The van der Waals surface area contributed by atoms with Gasteiger partial charge < -0.3 is 51.6 Å². The van der Waals surface area contributed by atoms with Gasteiger partial charge in [-0.25, -0.2) is 0 Å². The third-order valence-electron chi connectivity index (χ3n) is 21.2. The number of aliphatic hydroxyl groups excluding tert-OH is 1. The highest BCUT2D eigenvalue weighted by Crippen LogP contribution is 2.33. The monoisotopic (exact) mass is 1660 g/mol. The molecule has 0 saturated carbocycles. The van der Waals surface area contributed by atoms with Crippen molar-refractivity contribution < 1.29 is 61.7 Å². The smallest absolute Gasteiger partial charge is 0.223 e. The molecule has 0 radical (unpaired) electrons. The SMILES string of the molecule is C.C.CCCC(C(=O)CC)C(C)C.CCCC(C(=O)NCC(C)(C)O)C(C)C.CCCC(C(=O)NCCN)C(C)C.CCCC(C(=O)NCCO)C(C)C.CCCC(C(=O)NCc1ccccn1)C(C)C.CCCCC(C(C)C)C(CF)CC(C)=O.CCCCC(C(C)C)[C@@H](CF)CC(C)=O.CCCCC(C(C)C)[C@H](CF)CC(C)=O. The molecule has 0 fully saturated rings. The van der Waals surface area contributed by atoms with Crippen LogP contribution in [0.25, 0.3) is 0 Å². The van der Waals surface area contributed by atoms with Crippen LogP contribution >= 0.6 is 0 Å². The van der Waals surface area contributed by atoms with E-state index in [9.17, 15) is 56.6 Å².